The standard InChI is InChI=1S/C19H23NO6/c1-2-3-10-7-13(22)8-11-6-12(4-5-14(10)11)20-16-18(24)17(23)15(9-21)26-19(16)25/h2-7,15-21,23-25H,8-9H2,1H3/b3-2+/t15?,16?,17-,18-,19-/m0/s1. The summed E-state index contributed by atoms with van der Waals surface area (Å²) >= 11 is 0. The quantitative estimate of drug-likeness (QED) is 0.511. The van der Waals surface area contributed by atoms with Crippen molar-refractivity contribution < 1.29 is 30.0 Å². The average molecular weight is 361 g/mol. The van der Waals surface area contributed by atoms with Crippen LogP contribution in [0.25, 0.3) is 5.57 Å². The molecular formula is C19H23NO6. The fraction of sp³-hybridized carbons (Fsp3) is 0.421. The molecule has 5 atom stereocenters. The van der Waals surface area contributed by atoms with Crippen molar-refractivity contribution in [1.29, 1.82) is 0 Å². The lowest BCUT2D eigenvalue weighted by molar-refractivity contribution is -0.245. The van der Waals surface area contributed by atoms with Crippen LogP contribution in [0.4, 0.5) is 5.69 Å². The van der Waals surface area contributed by atoms with Crippen LogP contribution >= 0.6 is 0 Å². The van der Waals surface area contributed by atoms with Crippen LogP contribution in [0.15, 0.2) is 36.4 Å². The predicted octanol–water partition coefficient (Wildman–Crippen LogP) is -0.0169. The first-order valence-corrected chi connectivity index (χ1v) is 8.52. The Morgan fingerprint density at radius 1 is 1.27 bits per heavy atom. The van der Waals surface area contributed by atoms with Gasteiger partial charge in [-0.2, -0.15) is 0 Å². The maximum absolute atomic E-state index is 11.9. The molecule has 1 fully saturated rings. The van der Waals surface area contributed by atoms with Crippen LogP contribution in [-0.4, -0.2) is 63.5 Å². The van der Waals surface area contributed by atoms with E-state index < -0.39 is 37.3 Å². The van der Waals surface area contributed by atoms with Crippen molar-refractivity contribution in [3.63, 3.8) is 0 Å². The molecule has 5 N–H and O–H groups in total. The van der Waals surface area contributed by atoms with Crippen molar-refractivity contribution in [3.8, 4) is 0 Å². The third-order valence-electron chi connectivity index (χ3n) is 4.68. The van der Waals surface area contributed by atoms with E-state index in [4.69, 9.17) is 9.84 Å². The van der Waals surface area contributed by atoms with Gasteiger partial charge in [0.05, 0.1) is 6.61 Å². The Morgan fingerprint density at radius 3 is 2.73 bits per heavy atom. The first kappa shape index (κ1) is 18.8. The normalized spacial score (nSPS) is 31.7. The number of hydrogen-bond acceptors (Lipinski definition) is 7. The lowest BCUT2D eigenvalue weighted by Gasteiger charge is -2.40. The number of benzene rings is 1. The largest absolute Gasteiger partial charge is 0.394 e. The molecule has 1 aliphatic carbocycles. The molecule has 0 radical (unpaired) electrons. The van der Waals surface area contributed by atoms with Crippen LogP contribution in [0.1, 0.15) is 18.1 Å². The van der Waals surface area contributed by atoms with Crippen molar-refractivity contribution in [2.24, 2.45) is 0 Å². The number of ketones is 1. The Hall–Kier alpha value is -2.03. The minimum absolute atomic E-state index is 0.00466. The molecule has 0 saturated carbocycles. The molecule has 0 bridgehead atoms. The van der Waals surface area contributed by atoms with E-state index >= 15 is 0 Å². The average Bonchev–Trinajstić information content (AvgIpc) is 2.61. The molecule has 3 rings (SSSR count). The van der Waals surface area contributed by atoms with Crippen molar-refractivity contribution in [3.05, 3.63) is 47.6 Å². The molecule has 0 spiro atoms. The third kappa shape index (κ3) is 3.58. The van der Waals surface area contributed by atoms with E-state index in [0.717, 1.165) is 16.7 Å². The predicted molar refractivity (Wildman–Crippen MR) is 95.3 cm³/mol. The summed E-state index contributed by atoms with van der Waals surface area (Å²) in [5.41, 5.74) is 3.21. The number of nitrogens with one attached hydrogen (secondary N) is 1. The van der Waals surface area contributed by atoms with Crippen molar-refractivity contribution in [2.45, 2.75) is 44.0 Å². The van der Waals surface area contributed by atoms with Crippen LogP contribution in [-0.2, 0) is 16.0 Å². The number of hydrogen-bond donors (Lipinski definition) is 5. The third-order valence-corrected chi connectivity index (χ3v) is 4.68. The van der Waals surface area contributed by atoms with Crippen molar-refractivity contribution in [2.75, 3.05) is 11.9 Å². The number of allylic oxidation sites excluding steroid dienone is 4. The smallest absolute Gasteiger partial charge is 0.178 e. The van der Waals surface area contributed by atoms with Crippen molar-refractivity contribution >= 4 is 17.0 Å². The molecule has 2 unspecified atom stereocenters. The number of fused-ring (bicyclic) bond motifs is 1. The van der Waals surface area contributed by atoms with E-state index in [1.165, 1.54) is 0 Å². The molecule has 1 aromatic carbocycles. The molecule has 140 valence electrons. The molecule has 0 amide bonds. The highest BCUT2D eigenvalue weighted by atomic mass is 16.6. The second-order valence-electron chi connectivity index (χ2n) is 6.51. The Kier molecular flexibility index (Phi) is 5.55. The molecule has 1 heterocycles. The van der Waals surface area contributed by atoms with Crippen molar-refractivity contribution in [1.82, 2.24) is 0 Å². The Labute approximate surface area is 151 Å². The van der Waals surface area contributed by atoms with Gasteiger partial charge in [-0.15, -0.1) is 0 Å². The number of ether oxygens (including phenoxy) is 1. The van der Waals surface area contributed by atoms with Crippen LogP contribution < -0.4 is 5.32 Å². The zero-order valence-electron chi connectivity index (χ0n) is 14.4. The number of aliphatic hydroxyl groups excluding tert-OH is 4. The first-order chi connectivity index (χ1) is 12.4. The van der Waals surface area contributed by atoms with E-state index in [1.54, 1.807) is 18.2 Å². The van der Waals surface area contributed by atoms with Gasteiger partial charge in [0.1, 0.15) is 24.4 Å². The summed E-state index contributed by atoms with van der Waals surface area (Å²) in [5.74, 6) is 0.00466. The summed E-state index contributed by atoms with van der Waals surface area (Å²) in [6, 6.07) is 4.45. The monoisotopic (exact) mass is 361 g/mol. The van der Waals surface area contributed by atoms with E-state index in [1.807, 2.05) is 25.1 Å². The van der Waals surface area contributed by atoms with Crippen LogP contribution in [0.2, 0.25) is 0 Å². The zero-order chi connectivity index (χ0) is 18.8. The van der Waals surface area contributed by atoms with Gasteiger partial charge < -0.3 is 30.5 Å². The Balaban J connectivity index is 1.83. The van der Waals surface area contributed by atoms with Crippen LogP contribution in [0, 0.1) is 0 Å². The number of carbonyl (C=O) groups is 1. The van der Waals surface area contributed by atoms with Gasteiger partial charge in [-0.1, -0.05) is 18.2 Å². The second kappa shape index (κ2) is 7.69. The number of carbonyl (C=O) groups excluding carboxylic acids is 1. The highest BCUT2D eigenvalue weighted by Crippen LogP contribution is 2.30. The fourth-order valence-corrected chi connectivity index (χ4v) is 3.36. The molecular weight excluding hydrogens is 338 g/mol. The summed E-state index contributed by atoms with van der Waals surface area (Å²) in [6.07, 6.45) is 0.518. The minimum Gasteiger partial charge on any atom is -0.394 e. The van der Waals surface area contributed by atoms with Gasteiger partial charge in [-0.3, -0.25) is 4.79 Å². The SMILES string of the molecule is C/C=C/C1=CC(=O)Cc2cc(NC3[C@@H](O)OC(CO)[C@H](O)[C@H]3O)ccc21. The van der Waals surface area contributed by atoms with Gasteiger partial charge in [-0.25, -0.2) is 0 Å². The van der Waals surface area contributed by atoms with E-state index in [9.17, 15) is 20.1 Å². The molecule has 7 nitrogen and oxygen atoms in total. The van der Waals surface area contributed by atoms with Gasteiger partial charge in [0.2, 0.25) is 0 Å². The molecule has 0 aromatic heterocycles. The number of aliphatic hydroxyl groups is 4. The van der Waals surface area contributed by atoms with Gasteiger partial charge in [-0.05, 0) is 41.8 Å². The van der Waals surface area contributed by atoms with E-state index in [0.29, 0.717) is 5.69 Å². The lowest BCUT2D eigenvalue weighted by Crippen LogP contribution is -2.61. The van der Waals surface area contributed by atoms with E-state index in [2.05, 4.69) is 5.32 Å². The zero-order valence-corrected chi connectivity index (χ0v) is 14.4. The molecule has 1 aliphatic heterocycles. The summed E-state index contributed by atoms with van der Waals surface area (Å²) in [6.45, 7) is 1.37. The Bertz CT molecular complexity index is 744. The molecule has 1 saturated heterocycles. The highest BCUT2D eigenvalue weighted by molar-refractivity contribution is 6.04. The molecule has 7 heteroatoms. The topological polar surface area (TPSA) is 119 Å². The van der Waals surface area contributed by atoms with Gasteiger partial charge in [0, 0.05) is 12.1 Å². The van der Waals surface area contributed by atoms with Gasteiger partial charge in [0.15, 0.2) is 12.1 Å². The molecule has 1 aromatic rings. The minimum atomic E-state index is -1.40. The Morgan fingerprint density at radius 2 is 2.04 bits per heavy atom. The van der Waals surface area contributed by atoms with Gasteiger partial charge >= 0.3 is 0 Å². The maximum atomic E-state index is 11.9. The fourth-order valence-electron chi connectivity index (χ4n) is 3.36. The second-order valence-corrected chi connectivity index (χ2v) is 6.51. The van der Waals surface area contributed by atoms with E-state index in [-0.39, 0.29) is 12.2 Å². The summed E-state index contributed by atoms with van der Waals surface area (Å²) in [4.78, 5) is 11.9. The van der Waals surface area contributed by atoms with Gasteiger partial charge in [0.25, 0.3) is 0 Å². The summed E-state index contributed by atoms with van der Waals surface area (Å²) < 4.78 is 5.14. The summed E-state index contributed by atoms with van der Waals surface area (Å²) in [7, 11) is 0. The molecule has 26 heavy (non-hydrogen) atoms. The number of anilines is 1. The number of rotatable bonds is 4. The van der Waals surface area contributed by atoms with Crippen LogP contribution in [0.5, 0.6) is 0 Å². The molecule has 2 aliphatic rings. The van der Waals surface area contributed by atoms with Crippen LogP contribution in [0.3, 0.4) is 0 Å². The highest BCUT2D eigenvalue weighted by Gasteiger charge is 2.43. The lowest BCUT2D eigenvalue weighted by atomic mass is 9.89. The maximum Gasteiger partial charge on any atom is 0.178 e. The summed E-state index contributed by atoms with van der Waals surface area (Å²) in [5, 5.41) is 42.4. The first-order valence-electron chi connectivity index (χ1n) is 8.52.